The normalized spacial score (nSPS) is 17.7. The first-order valence-electron chi connectivity index (χ1n) is 7.25. The smallest absolute Gasteiger partial charge is 0.328 e. The van der Waals surface area contributed by atoms with Crippen molar-refractivity contribution in [2.24, 2.45) is 0 Å². The van der Waals surface area contributed by atoms with E-state index in [1.807, 2.05) is 32.0 Å². The van der Waals surface area contributed by atoms with Gasteiger partial charge in [0.05, 0.1) is 19.1 Å². The molecule has 22 heavy (non-hydrogen) atoms. The van der Waals surface area contributed by atoms with Crippen LogP contribution in [0.3, 0.4) is 0 Å². The summed E-state index contributed by atoms with van der Waals surface area (Å²) in [6, 6.07) is 5.04. The van der Waals surface area contributed by atoms with Crippen LogP contribution in [0.1, 0.15) is 24.5 Å². The SMILES string of the molecule is COC(=O)C(C)N(C(=O)C1CC=CO1)c1c(C)cccc1C. The van der Waals surface area contributed by atoms with Crippen LogP contribution < -0.4 is 4.90 Å². The zero-order valence-electron chi connectivity index (χ0n) is 13.3. The maximum Gasteiger partial charge on any atom is 0.328 e. The van der Waals surface area contributed by atoms with Crippen molar-refractivity contribution in [1.29, 1.82) is 0 Å². The zero-order chi connectivity index (χ0) is 16.3. The van der Waals surface area contributed by atoms with E-state index < -0.39 is 18.1 Å². The summed E-state index contributed by atoms with van der Waals surface area (Å²) in [7, 11) is 1.32. The second kappa shape index (κ2) is 6.64. The largest absolute Gasteiger partial charge is 0.488 e. The number of amides is 1. The minimum atomic E-state index is -0.721. The molecule has 0 bridgehead atoms. The summed E-state index contributed by atoms with van der Waals surface area (Å²) in [4.78, 5) is 26.4. The van der Waals surface area contributed by atoms with Gasteiger partial charge in [-0.1, -0.05) is 18.2 Å². The van der Waals surface area contributed by atoms with Crippen molar-refractivity contribution in [1.82, 2.24) is 0 Å². The predicted molar refractivity (Wildman–Crippen MR) is 83.5 cm³/mol. The molecule has 1 amide bonds. The number of esters is 1. The Morgan fingerprint density at radius 2 is 1.95 bits per heavy atom. The fourth-order valence-electron chi connectivity index (χ4n) is 2.66. The Morgan fingerprint density at radius 3 is 2.45 bits per heavy atom. The minimum Gasteiger partial charge on any atom is -0.488 e. The number of hydrogen-bond donors (Lipinski definition) is 0. The molecule has 118 valence electrons. The molecule has 0 saturated heterocycles. The highest BCUT2D eigenvalue weighted by Gasteiger charge is 2.35. The lowest BCUT2D eigenvalue weighted by Gasteiger charge is -2.32. The van der Waals surface area contributed by atoms with Gasteiger partial charge in [0.1, 0.15) is 6.04 Å². The number of aryl methyl sites for hydroxylation is 2. The van der Waals surface area contributed by atoms with Crippen molar-refractivity contribution >= 4 is 17.6 Å². The number of carbonyl (C=O) groups excluding carboxylic acids is 2. The first kappa shape index (κ1) is 16.1. The third kappa shape index (κ3) is 2.98. The van der Waals surface area contributed by atoms with Crippen LogP contribution in [0.2, 0.25) is 0 Å². The highest BCUT2D eigenvalue weighted by Crippen LogP contribution is 2.29. The van der Waals surface area contributed by atoms with Gasteiger partial charge >= 0.3 is 5.97 Å². The topological polar surface area (TPSA) is 55.8 Å². The average molecular weight is 303 g/mol. The van der Waals surface area contributed by atoms with Crippen molar-refractivity contribution in [2.45, 2.75) is 39.3 Å². The van der Waals surface area contributed by atoms with E-state index in [1.54, 1.807) is 13.0 Å². The summed E-state index contributed by atoms with van der Waals surface area (Å²) in [6.45, 7) is 5.50. The van der Waals surface area contributed by atoms with E-state index >= 15 is 0 Å². The molecule has 0 saturated carbocycles. The van der Waals surface area contributed by atoms with Crippen LogP contribution in [0.15, 0.2) is 30.5 Å². The minimum absolute atomic E-state index is 0.236. The number of anilines is 1. The molecule has 5 heteroatoms. The molecule has 0 radical (unpaired) electrons. The maximum absolute atomic E-state index is 12.9. The monoisotopic (exact) mass is 303 g/mol. The van der Waals surface area contributed by atoms with Crippen LogP contribution in [-0.2, 0) is 19.1 Å². The van der Waals surface area contributed by atoms with Crippen LogP contribution >= 0.6 is 0 Å². The van der Waals surface area contributed by atoms with Crippen molar-refractivity contribution in [2.75, 3.05) is 12.0 Å². The predicted octanol–water partition coefficient (Wildman–Crippen LogP) is 2.50. The molecule has 0 aromatic heterocycles. The quantitative estimate of drug-likeness (QED) is 0.802. The summed E-state index contributed by atoms with van der Waals surface area (Å²) in [5, 5.41) is 0. The van der Waals surface area contributed by atoms with Crippen LogP contribution in [-0.4, -0.2) is 31.1 Å². The molecule has 0 N–H and O–H groups in total. The molecule has 5 nitrogen and oxygen atoms in total. The highest BCUT2D eigenvalue weighted by atomic mass is 16.5. The molecule has 1 aliphatic heterocycles. The second-order valence-electron chi connectivity index (χ2n) is 5.38. The van der Waals surface area contributed by atoms with Crippen molar-refractivity contribution in [3.63, 3.8) is 0 Å². The third-order valence-corrected chi connectivity index (χ3v) is 3.81. The van der Waals surface area contributed by atoms with E-state index in [-0.39, 0.29) is 5.91 Å². The Kier molecular flexibility index (Phi) is 4.85. The molecule has 2 atom stereocenters. The first-order valence-corrected chi connectivity index (χ1v) is 7.25. The van der Waals surface area contributed by atoms with E-state index in [1.165, 1.54) is 18.3 Å². The summed E-state index contributed by atoms with van der Waals surface area (Å²) >= 11 is 0. The standard InChI is InChI=1S/C17H21NO4/c1-11-7-5-8-12(2)15(11)18(13(3)17(20)21-4)16(19)14-9-6-10-22-14/h5-8,10,13-14H,9H2,1-4H3. The van der Waals surface area contributed by atoms with Gasteiger partial charge in [-0.25, -0.2) is 4.79 Å². The van der Waals surface area contributed by atoms with Gasteiger partial charge in [-0.05, 0) is 38.0 Å². The summed E-state index contributed by atoms with van der Waals surface area (Å²) in [6.07, 6.45) is 3.24. The van der Waals surface area contributed by atoms with Gasteiger partial charge < -0.3 is 9.47 Å². The number of nitrogens with zero attached hydrogens (tertiary/aromatic N) is 1. The molecule has 1 aromatic rings. The van der Waals surface area contributed by atoms with Crippen molar-refractivity contribution in [3.8, 4) is 0 Å². The van der Waals surface area contributed by atoms with E-state index in [2.05, 4.69) is 0 Å². The maximum atomic E-state index is 12.9. The number of benzene rings is 1. The molecule has 0 spiro atoms. The molecular formula is C17H21NO4. The number of rotatable bonds is 4. The molecule has 2 unspecified atom stereocenters. The molecule has 0 fully saturated rings. The van der Waals surface area contributed by atoms with Crippen LogP contribution in [0, 0.1) is 13.8 Å². The molecular weight excluding hydrogens is 282 g/mol. The fourth-order valence-corrected chi connectivity index (χ4v) is 2.66. The number of para-hydroxylation sites is 1. The third-order valence-electron chi connectivity index (χ3n) is 3.81. The van der Waals surface area contributed by atoms with E-state index in [0.29, 0.717) is 6.42 Å². The molecule has 1 heterocycles. The van der Waals surface area contributed by atoms with E-state index in [0.717, 1.165) is 16.8 Å². The lowest BCUT2D eigenvalue weighted by atomic mass is 10.0. The van der Waals surface area contributed by atoms with Gasteiger partial charge in [0.15, 0.2) is 6.10 Å². The number of hydrogen-bond acceptors (Lipinski definition) is 4. The van der Waals surface area contributed by atoms with Gasteiger partial charge in [-0.3, -0.25) is 9.69 Å². The summed E-state index contributed by atoms with van der Waals surface area (Å²) in [5.74, 6) is -0.692. The van der Waals surface area contributed by atoms with Gasteiger partial charge in [0.2, 0.25) is 0 Å². The van der Waals surface area contributed by atoms with Gasteiger partial charge in [0.25, 0.3) is 5.91 Å². The molecule has 2 rings (SSSR count). The summed E-state index contributed by atoms with van der Waals surface area (Å²) in [5.41, 5.74) is 2.59. The zero-order valence-corrected chi connectivity index (χ0v) is 13.3. The van der Waals surface area contributed by atoms with E-state index in [9.17, 15) is 9.59 Å². The average Bonchev–Trinajstić information content (AvgIpc) is 3.03. The molecule has 0 aliphatic carbocycles. The Hall–Kier alpha value is -2.30. The van der Waals surface area contributed by atoms with Gasteiger partial charge in [0, 0.05) is 6.42 Å². The summed E-state index contributed by atoms with van der Waals surface area (Å²) < 4.78 is 10.2. The lowest BCUT2D eigenvalue weighted by Crippen LogP contribution is -2.49. The Bertz CT molecular complexity index is 580. The number of ether oxygens (including phenoxy) is 2. The Morgan fingerprint density at radius 1 is 1.32 bits per heavy atom. The fraction of sp³-hybridized carbons (Fsp3) is 0.412. The number of carbonyl (C=O) groups is 2. The van der Waals surface area contributed by atoms with E-state index in [4.69, 9.17) is 9.47 Å². The second-order valence-corrected chi connectivity index (χ2v) is 5.38. The molecule has 1 aromatic carbocycles. The highest BCUT2D eigenvalue weighted by molar-refractivity contribution is 6.03. The van der Waals surface area contributed by atoms with Gasteiger partial charge in [-0.15, -0.1) is 0 Å². The Labute approximate surface area is 130 Å². The Balaban J connectivity index is 2.45. The van der Waals surface area contributed by atoms with Crippen molar-refractivity contribution < 1.29 is 19.1 Å². The lowest BCUT2D eigenvalue weighted by molar-refractivity contribution is -0.143. The number of methoxy groups -OCH3 is 1. The first-order chi connectivity index (χ1) is 10.5. The van der Waals surface area contributed by atoms with Crippen LogP contribution in [0.5, 0.6) is 0 Å². The van der Waals surface area contributed by atoms with Crippen LogP contribution in [0.25, 0.3) is 0 Å². The molecule has 1 aliphatic rings. The van der Waals surface area contributed by atoms with Crippen LogP contribution in [0.4, 0.5) is 5.69 Å². The van der Waals surface area contributed by atoms with Gasteiger partial charge in [-0.2, -0.15) is 0 Å². The van der Waals surface area contributed by atoms with Crippen molar-refractivity contribution in [3.05, 3.63) is 41.7 Å².